The van der Waals surface area contributed by atoms with Gasteiger partial charge in [0.2, 0.25) is 0 Å². The van der Waals surface area contributed by atoms with E-state index in [-0.39, 0.29) is 25.7 Å². The zero-order chi connectivity index (χ0) is 18.0. The SMILES string of the molecule is C=CCn1c(=O)n(CC=C)c(=O)n(Cc2ccc(C3CO3)cc2)c1=O. The minimum absolute atomic E-state index is 0.0348. The van der Waals surface area contributed by atoms with E-state index in [1.807, 2.05) is 24.3 Å². The number of hydrogen-bond donors (Lipinski definition) is 0. The zero-order valence-corrected chi connectivity index (χ0v) is 13.8. The molecular weight excluding hydrogens is 322 g/mol. The lowest BCUT2D eigenvalue weighted by atomic mass is 10.1. The van der Waals surface area contributed by atoms with Gasteiger partial charge in [-0.25, -0.2) is 28.1 Å². The lowest BCUT2D eigenvalue weighted by molar-refractivity contribution is 0.415. The van der Waals surface area contributed by atoms with Crippen LogP contribution in [-0.4, -0.2) is 20.3 Å². The highest BCUT2D eigenvalue weighted by molar-refractivity contribution is 5.26. The maximum atomic E-state index is 12.6. The molecule has 7 nitrogen and oxygen atoms in total. The van der Waals surface area contributed by atoms with Crippen molar-refractivity contribution in [3.05, 3.63) is 92.2 Å². The van der Waals surface area contributed by atoms with Crippen LogP contribution in [0.15, 0.2) is 64.0 Å². The summed E-state index contributed by atoms with van der Waals surface area (Å²) in [5.41, 5.74) is -0.101. The fourth-order valence-corrected chi connectivity index (χ4v) is 2.65. The molecular formula is C18H19N3O4. The third-order valence-corrected chi connectivity index (χ3v) is 4.03. The molecule has 25 heavy (non-hydrogen) atoms. The molecule has 0 saturated carbocycles. The van der Waals surface area contributed by atoms with Crippen molar-refractivity contribution >= 4 is 0 Å². The first-order valence-electron chi connectivity index (χ1n) is 7.93. The van der Waals surface area contributed by atoms with Crippen LogP contribution < -0.4 is 17.1 Å². The molecule has 130 valence electrons. The average molecular weight is 341 g/mol. The Hall–Kier alpha value is -2.93. The van der Waals surface area contributed by atoms with Gasteiger partial charge in [-0.2, -0.15) is 0 Å². The molecule has 1 aromatic heterocycles. The summed E-state index contributed by atoms with van der Waals surface area (Å²) in [4.78, 5) is 37.5. The van der Waals surface area contributed by atoms with Crippen LogP contribution in [0.2, 0.25) is 0 Å². The predicted octanol–water partition coefficient (Wildman–Crippen LogP) is 0.663. The molecule has 3 rings (SSSR count). The molecule has 7 heteroatoms. The topological polar surface area (TPSA) is 78.5 Å². The van der Waals surface area contributed by atoms with Crippen molar-refractivity contribution in [2.24, 2.45) is 0 Å². The van der Waals surface area contributed by atoms with E-state index in [0.29, 0.717) is 0 Å². The van der Waals surface area contributed by atoms with Gasteiger partial charge in [0, 0.05) is 0 Å². The summed E-state index contributed by atoms with van der Waals surface area (Å²) in [6, 6.07) is 7.54. The Bertz CT molecular complexity index is 927. The van der Waals surface area contributed by atoms with Gasteiger partial charge in [0.1, 0.15) is 6.10 Å². The van der Waals surface area contributed by atoms with Gasteiger partial charge in [0.25, 0.3) is 0 Å². The van der Waals surface area contributed by atoms with Gasteiger partial charge in [0.05, 0.1) is 26.2 Å². The minimum Gasteiger partial charge on any atom is -0.368 e. The van der Waals surface area contributed by atoms with E-state index in [2.05, 4.69) is 13.2 Å². The first kappa shape index (κ1) is 16.9. The first-order valence-corrected chi connectivity index (χ1v) is 7.93. The van der Waals surface area contributed by atoms with Gasteiger partial charge in [-0.05, 0) is 11.1 Å². The van der Waals surface area contributed by atoms with Gasteiger partial charge in [0.15, 0.2) is 0 Å². The van der Waals surface area contributed by atoms with Crippen molar-refractivity contribution < 1.29 is 4.74 Å². The molecule has 1 fully saturated rings. The Morgan fingerprint density at radius 1 is 0.920 bits per heavy atom. The van der Waals surface area contributed by atoms with Gasteiger partial charge >= 0.3 is 17.1 Å². The smallest absolute Gasteiger partial charge is 0.336 e. The monoisotopic (exact) mass is 341 g/mol. The summed E-state index contributed by atoms with van der Waals surface area (Å²) in [5, 5.41) is 0. The van der Waals surface area contributed by atoms with E-state index in [1.165, 1.54) is 12.2 Å². The maximum absolute atomic E-state index is 12.6. The summed E-state index contributed by atoms with van der Waals surface area (Å²) < 4.78 is 8.26. The fraction of sp³-hybridized carbons (Fsp3) is 0.278. The molecule has 0 N–H and O–H groups in total. The van der Waals surface area contributed by atoms with Crippen molar-refractivity contribution in [3.8, 4) is 0 Å². The number of rotatable bonds is 7. The third kappa shape index (κ3) is 3.32. The van der Waals surface area contributed by atoms with Gasteiger partial charge in [-0.1, -0.05) is 36.4 Å². The predicted molar refractivity (Wildman–Crippen MR) is 93.9 cm³/mol. The van der Waals surface area contributed by atoms with Crippen LogP contribution in [0.5, 0.6) is 0 Å². The molecule has 0 amide bonds. The van der Waals surface area contributed by atoms with E-state index in [0.717, 1.165) is 31.4 Å². The highest BCUT2D eigenvalue weighted by Crippen LogP contribution is 2.29. The van der Waals surface area contributed by atoms with Crippen LogP contribution in [0.3, 0.4) is 0 Å². The quantitative estimate of drug-likeness (QED) is 0.548. The summed E-state index contributed by atoms with van der Waals surface area (Å²) >= 11 is 0. The fourth-order valence-electron chi connectivity index (χ4n) is 2.65. The molecule has 0 radical (unpaired) electrons. The van der Waals surface area contributed by atoms with E-state index in [1.54, 1.807) is 0 Å². The Labute approximate surface area is 143 Å². The normalized spacial score (nSPS) is 15.8. The molecule has 1 unspecified atom stereocenters. The zero-order valence-electron chi connectivity index (χ0n) is 13.8. The Kier molecular flexibility index (Phi) is 4.67. The van der Waals surface area contributed by atoms with Gasteiger partial charge in [-0.15, -0.1) is 13.2 Å². The number of hydrogen-bond acceptors (Lipinski definition) is 4. The maximum Gasteiger partial charge on any atom is 0.336 e. The molecule has 0 spiro atoms. The molecule has 0 aliphatic carbocycles. The minimum atomic E-state index is -0.660. The molecule has 1 aliphatic heterocycles. The van der Waals surface area contributed by atoms with Crippen LogP contribution in [0.1, 0.15) is 17.2 Å². The van der Waals surface area contributed by atoms with E-state index >= 15 is 0 Å². The Morgan fingerprint density at radius 3 is 1.84 bits per heavy atom. The van der Waals surface area contributed by atoms with E-state index in [9.17, 15) is 14.4 Å². The second-order valence-electron chi connectivity index (χ2n) is 5.80. The number of nitrogens with zero attached hydrogens (tertiary/aromatic N) is 3. The highest BCUT2D eigenvalue weighted by Gasteiger charge is 2.24. The molecule has 2 heterocycles. The molecule has 1 saturated heterocycles. The summed E-state index contributed by atoms with van der Waals surface area (Å²) in [5.74, 6) is 0. The lowest BCUT2D eigenvalue weighted by Crippen LogP contribution is -2.54. The van der Waals surface area contributed by atoms with Crippen molar-refractivity contribution in [2.75, 3.05) is 6.61 Å². The number of allylic oxidation sites excluding steroid dienone is 2. The van der Waals surface area contributed by atoms with Gasteiger partial charge < -0.3 is 4.74 Å². The second-order valence-corrected chi connectivity index (χ2v) is 5.80. The van der Waals surface area contributed by atoms with Crippen LogP contribution in [0.4, 0.5) is 0 Å². The van der Waals surface area contributed by atoms with Crippen molar-refractivity contribution in [1.82, 2.24) is 13.7 Å². The Balaban J connectivity index is 2.05. The molecule has 2 aromatic rings. The molecule has 1 aliphatic rings. The van der Waals surface area contributed by atoms with E-state index < -0.39 is 17.1 Å². The van der Waals surface area contributed by atoms with Crippen LogP contribution in [-0.2, 0) is 24.4 Å². The van der Waals surface area contributed by atoms with E-state index in [4.69, 9.17) is 4.74 Å². The number of aromatic nitrogens is 3. The van der Waals surface area contributed by atoms with Crippen LogP contribution >= 0.6 is 0 Å². The summed E-state index contributed by atoms with van der Waals surface area (Å²) in [6.45, 7) is 7.98. The summed E-state index contributed by atoms with van der Waals surface area (Å²) in [6.07, 6.45) is 3.04. The van der Waals surface area contributed by atoms with Crippen molar-refractivity contribution in [2.45, 2.75) is 25.7 Å². The number of ether oxygens (including phenoxy) is 1. The molecule has 1 atom stereocenters. The lowest BCUT2D eigenvalue weighted by Gasteiger charge is -2.12. The largest absolute Gasteiger partial charge is 0.368 e. The third-order valence-electron chi connectivity index (χ3n) is 4.03. The highest BCUT2D eigenvalue weighted by atomic mass is 16.6. The standard InChI is InChI=1S/C18H19N3O4/c1-3-9-19-16(22)20(10-4-2)18(24)21(17(19)23)11-13-5-7-14(8-6-13)15-12-25-15/h3-8,15H,1-2,9-12H2. The van der Waals surface area contributed by atoms with Gasteiger partial charge in [-0.3, -0.25) is 0 Å². The van der Waals surface area contributed by atoms with Crippen LogP contribution in [0, 0.1) is 0 Å². The first-order chi connectivity index (χ1) is 12.1. The van der Waals surface area contributed by atoms with Crippen molar-refractivity contribution in [1.29, 1.82) is 0 Å². The number of benzene rings is 1. The molecule has 0 bridgehead atoms. The average Bonchev–Trinajstić information content (AvgIpc) is 3.45. The Morgan fingerprint density at radius 2 is 1.40 bits per heavy atom. The van der Waals surface area contributed by atoms with Crippen LogP contribution in [0.25, 0.3) is 0 Å². The second kappa shape index (κ2) is 6.90. The summed E-state index contributed by atoms with van der Waals surface area (Å²) in [7, 11) is 0. The molecule has 1 aromatic carbocycles. The number of epoxide rings is 1. The van der Waals surface area contributed by atoms with Crippen molar-refractivity contribution in [3.63, 3.8) is 0 Å².